The van der Waals surface area contributed by atoms with E-state index in [0.29, 0.717) is 0 Å². The van der Waals surface area contributed by atoms with Crippen molar-refractivity contribution in [1.29, 1.82) is 0 Å². The smallest absolute Gasteiger partial charge is 0.149 e. The third-order valence-corrected chi connectivity index (χ3v) is 1.93. The van der Waals surface area contributed by atoms with Crippen LogP contribution in [0.3, 0.4) is 0 Å². The SMILES string of the molecule is C/C=C(\CC)c1nc(C)[c-]c(C)n1.[Y]. The van der Waals surface area contributed by atoms with Crippen molar-refractivity contribution in [3.05, 3.63) is 29.4 Å². The first-order chi connectivity index (χ1) is 6.17. The molecule has 3 heteroatoms. The van der Waals surface area contributed by atoms with Crippen LogP contribution < -0.4 is 0 Å². The standard InChI is InChI=1S/C11H15N2.Y/c1-5-10(6-2)11-12-8(3)7-9(4)13-11;/h5H,6H2,1-4H3;/q-1;/b10-5+;. The summed E-state index contributed by atoms with van der Waals surface area (Å²) in [6, 6.07) is 3.06. The van der Waals surface area contributed by atoms with Gasteiger partial charge in [-0.3, -0.25) is 9.97 Å². The van der Waals surface area contributed by atoms with Crippen LogP contribution in [-0.4, -0.2) is 9.97 Å². The van der Waals surface area contributed by atoms with Gasteiger partial charge in [-0.1, -0.05) is 26.8 Å². The second-order valence-electron chi connectivity index (χ2n) is 3.01. The normalized spacial score (nSPS) is 11.0. The Balaban J connectivity index is 0.00000169. The molecule has 0 aromatic carbocycles. The van der Waals surface area contributed by atoms with Crippen molar-refractivity contribution in [2.24, 2.45) is 0 Å². The van der Waals surface area contributed by atoms with E-state index in [1.54, 1.807) is 0 Å². The van der Waals surface area contributed by atoms with Crippen LogP contribution in [0.5, 0.6) is 0 Å². The Morgan fingerprint density at radius 1 is 1.29 bits per heavy atom. The maximum atomic E-state index is 4.34. The van der Waals surface area contributed by atoms with Gasteiger partial charge in [-0.05, 0) is 18.9 Å². The van der Waals surface area contributed by atoms with Gasteiger partial charge >= 0.3 is 0 Å². The van der Waals surface area contributed by atoms with Gasteiger partial charge in [-0.2, -0.15) is 0 Å². The summed E-state index contributed by atoms with van der Waals surface area (Å²) in [4.78, 5) is 8.68. The van der Waals surface area contributed by atoms with Gasteiger partial charge in [0.1, 0.15) is 5.82 Å². The molecule has 0 unspecified atom stereocenters. The van der Waals surface area contributed by atoms with Crippen LogP contribution >= 0.6 is 0 Å². The molecule has 0 aliphatic carbocycles. The number of allylic oxidation sites excluding steroid dienone is 2. The summed E-state index contributed by atoms with van der Waals surface area (Å²) in [6.45, 7) is 8.02. The molecule has 0 bridgehead atoms. The Morgan fingerprint density at radius 3 is 2.14 bits per heavy atom. The van der Waals surface area contributed by atoms with Gasteiger partial charge in [0.25, 0.3) is 0 Å². The van der Waals surface area contributed by atoms with Crippen molar-refractivity contribution >= 4 is 5.57 Å². The summed E-state index contributed by atoms with van der Waals surface area (Å²) in [5, 5.41) is 0. The van der Waals surface area contributed by atoms with E-state index >= 15 is 0 Å². The molecular formula is C11H15N2Y-. The molecule has 0 saturated carbocycles. The first-order valence-electron chi connectivity index (χ1n) is 4.57. The monoisotopic (exact) mass is 264 g/mol. The average Bonchev–Trinajstić information content (AvgIpc) is 2.04. The van der Waals surface area contributed by atoms with E-state index in [1.807, 2.05) is 20.8 Å². The Bertz CT molecular complexity index is 312. The fourth-order valence-electron chi connectivity index (χ4n) is 1.30. The van der Waals surface area contributed by atoms with Crippen LogP contribution in [-0.2, 0) is 32.7 Å². The van der Waals surface area contributed by atoms with Crippen LogP contribution in [0.15, 0.2) is 6.08 Å². The quantitative estimate of drug-likeness (QED) is 0.767. The maximum Gasteiger partial charge on any atom is 0.149 e. The minimum absolute atomic E-state index is 0. The maximum absolute atomic E-state index is 4.34. The van der Waals surface area contributed by atoms with Gasteiger partial charge in [-0.25, -0.2) is 0 Å². The molecule has 1 rings (SSSR count). The minimum Gasteiger partial charge on any atom is -0.427 e. The molecule has 0 atom stereocenters. The van der Waals surface area contributed by atoms with Crippen molar-refractivity contribution < 1.29 is 32.7 Å². The molecule has 1 aromatic heterocycles. The zero-order valence-electron chi connectivity index (χ0n) is 9.26. The van der Waals surface area contributed by atoms with Gasteiger partial charge in [0.15, 0.2) is 0 Å². The summed E-state index contributed by atoms with van der Waals surface area (Å²) < 4.78 is 0. The zero-order chi connectivity index (χ0) is 9.84. The van der Waals surface area contributed by atoms with Crippen molar-refractivity contribution in [1.82, 2.24) is 9.97 Å². The second-order valence-corrected chi connectivity index (χ2v) is 3.01. The molecular weight excluding hydrogens is 249 g/mol. The molecule has 0 aliphatic rings. The molecule has 1 radical (unpaired) electrons. The summed E-state index contributed by atoms with van der Waals surface area (Å²) in [5.74, 6) is 0.846. The fraction of sp³-hybridized carbons (Fsp3) is 0.455. The fourth-order valence-corrected chi connectivity index (χ4v) is 1.30. The van der Waals surface area contributed by atoms with Crippen molar-refractivity contribution in [2.45, 2.75) is 34.1 Å². The van der Waals surface area contributed by atoms with E-state index in [0.717, 1.165) is 23.6 Å². The molecule has 0 fully saturated rings. The molecule has 0 amide bonds. The number of hydrogen-bond acceptors (Lipinski definition) is 2. The van der Waals surface area contributed by atoms with E-state index in [9.17, 15) is 0 Å². The molecule has 1 aromatic rings. The summed E-state index contributed by atoms with van der Waals surface area (Å²) >= 11 is 0. The van der Waals surface area contributed by atoms with Gasteiger partial charge in [-0.15, -0.1) is 11.4 Å². The topological polar surface area (TPSA) is 25.8 Å². The molecule has 14 heavy (non-hydrogen) atoms. The van der Waals surface area contributed by atoms with Crippen LogP contribution in [0.4, 0.5) is 0 Å². The Kier molecular flexibility index (Phi) is 6.38. The Morgan fingerprint density at radius 2 is 1.79 bits per heavy atom. The molecule has 1 heterocycles. The number of aromatic nitrogens is 2. The molecule has 0 aliphatic heterocycles. The summed E-state index contributed by atoms with van der Waals surface area (Å²) in [7, 11) is 0. The largest absolute Gasteiger partial charge is 0.427 e. The average molecular weight is 264 g/mol. The molecule has 0 N–H and O–H groups in total. The van der Waals surface area contributed by atoms with E-state index < -0.39 is 0 Å². The van der Waals surface area contributed by atoms with Crippen LogP contribution in [0.25, 0.3) is 5.57 Å². The minimum atomic E-state index is 0. The van der Waals surface area contributed by atoms with Gasteiger partial charge < -0.3 is 6.07 Å². The van der Waals surface area contributed by atoms with E-state index in [4.69, 9.17) is 0 Å². The molecule has 73 valence electrons. The van der Waals surface area contributed by atoms with Crippen LogP contribution in [0, 0.1) is 19.9 Å². The van der Waals surface area contributed by atoms with Crippen molar-refractivity contribution in [3.63, 3.8) is 0 Å². The predicted molar refractivity (Wildman–Crippen MR) is 54.3 cm³/mol. The van der Waals surface area contributed by atoms with E-state index in [-0.39, 0.29) is 32.7 Å². The number of nitrogens with zero attached hydrogens (tertiary/aromatic N) is 2. The van der Waals surface area contributed by atoms with Crippen molar-refractivity contribution in [2.75, 3.05) is 0 Å². The van der Waals surface area contributed by atoms with Gasteiger partial charge in [0.05, 0.1) is 0 Å². The van der Waals surface area contributed by atoms with Crippen molar-refractivity contribution in [3.8, 4) is 0 Å². The third kappa shape index (κ3) is 3.58. The zero-order valence-corrected chi connectivity index (χ0v) is 12.1. The van der Waals surface area contributed by atoms with E-state index in [1.165, 1.54) is 5.57 Å². The summed E-state index contributed by atoms with van der Waals surface area (Å²) in [5.41, 5.74) is 3.02. The molecule has 2 nitrogen and oxygen atoms in total. The van der Waals surface area contributed by atoms with Gasteiger partial charge in [0, 0.05) is 32.7 Å². The molecule has 0 spiro atoms. The Hall–Kier alpha value is -0.0761. The van der Waals surface area contributed by atoms with Crippen LogP contribution in [0.1, 0.15) is 37.5 Å². The third-order valence-electron chi connectivity index (χ3n) is 1.93. The number of hydrogen-bond donors (Lipinski definition) is 0. The first-order valence-corrected chi connectivity index (χ1v) is 4.57. The second kappa shape index (κ2) is 6.42. The Labute approximate surface area is 111 Å². The first kappa shape index (κ1) is 13.9. The number of rotatable bonds is 2. The predicted octanol–water partition coefficient (Wildman–Crippen LogP) is 2.70. The number of aryl methyl sites for hydroxylation is 2. The van der Waals surface area contributed by atoms with E-state index in [2.05, 4.69) is 29.0 Å². The molecule has 0 saturated heterocycles. The summed E-state index contributed by atoms with van der Waals surface area (Å²) in [6.07, 6.45) is 3.04. The van der Waals surface area contributed by atoms with Crippen LogP contribution in [0.2, 0.25) is 0 Å². The van der Waals surface area contributed by atoms with Gasteiger partial charge in [0.2, 0.25) is 0 Å².